The van der Waals surface area contributed by atoms with E-state index in [-0.39, 0.29) is 48.2 Å². The summed E-state index contributed by atoms with van der Waals surface area (Å²) < 4.78 is 13.9. The van der Waals surface area contributed by atoms with Crippen LogP contribution in [-0.2, 0) is 4.79 Å². The lowest BCUT2D eigenvalue weighted by Gasteiger charge is -2.41. The van der Waals surface area contributed by atoms with Gasteiger partial charge in [-0.25, -0.2) is 4.39 Å². The van der Waals surface area contributed by atoms with Gasteiger partial charge < -0.3 is 15.1 Å². The second kappa shape index (κ2) is 9.45. The van der Waals surface area contributed by atoms with Gasteiger partial charge in [-0.05, 0) is 18.9 Å². The molecule has 4 rings (SSSR count). The normalized spacial score (nSPS) is 19.8. The van der Waals surface area contributed by atoms with E-state index in [1.165, 1.54) is 24.5 Å². The first-order valence-electron chi connectivity index (χ1n) is 8.83. The summed E-state index contributed by atoms with van der Waals surface area (Å²) in [5, 5.41) is 3.06. The lowest BCUT2D eigenvalue weighted by Crippen LogP contribution is -2.57. The molecule has 1 aromatic carbocycles. The quantitative estimate of drug-likeness (QED) is 0.784. The van der Waals surface area contributed by atoms with Crippen LogP contribution < -0.4 is 5.32 Å². The molecule has 1 unspecified atom stereocenters. The molecule has 1 atom stereocenters. The van der Waals surface area contributed by atoms with Crippen molar-refractivity contribution in [1.29, 1.82) is 0 Å². The Morgan fingerprint density at radius 1 is 1.18 bits per heavy atom. The van der Waals surface area contributed by atoms with Crippen molar-refractivity contribution >= 4 is 47.7 Å². The molecule has 2 saturated heterocycles. The van der Waals surface area contributed by atoms with Gasteiger partial charge in [0.25, 0.3) is 5.91 Å². The number of aromatic nitrogens is 2. The maximum atomic E-state index is 13.9. The van der Waals surface area contributed by atoms with E-state index in [4.69, 9.17) is 0 Å². The molecule has 2 aliphatic heterocycles. The Morgan fingerprint density at radius 2 is 1.96 bits per heavy atom. The first-order chi connectivity index (χ1) is 12.6. The minimum Gasteiger partial charge on any atom is -0.337 e. The second-order valence-corrected chi connectivity index (χ2v) is 6.69. The van der Waals surface area contributed by atoms with Gasteiger partial charge in [-0.2, -0.15) is 0 Å². The Hall–Kier alpha value is -2.03. The van der Waals surface area contributed by atoms with Crippen LogP contribution in [0.25, 0.3) is 11.0 Å². The van der Waals surface area contributed by atoms with Crippen LogP contribution in [0.1, 0.15) is 23.2 Å². The average molecular weight is 430 g/mol. The highest BCUT2D eigenvalue weighted by Gasteiger charge is 2.32. The zero-order chi connectivity index (χ0) is 18.1. The van der Waals surface area contributed by atoms with Gasteiger partial charge in [-0.3, -0.25) is 19.6 Å². The van der Waals surface area contributed by atoms with Crippen LogP contribution in [0.2, 0.25) is 0 Å². The van der Waals surface area contributed by atoms with E-state index in [1.807, 2.05) is 4.90 Å². The molecule has 1 aromatic heterocycles. The number of amides is 2. The number of piperazine rings is 1. The fourth-order valence-corrected chi connectivity index (χ4v) is 3.77. The molecule has 2 amide bonds. The van der Waals surface area contributed by atoms with E-state index >= 15 is 0 Å². The highest BCUT2D eigenvalue weighted by atomic mass is 35.5. The zero-order valence-corrected chi connectivity index (χ0v) is 16.8. The van der Waals surface area contributed by atoms with Crippen molar-refractivity contribution < 1.29 is 14.0 Å². The van der Waals surface area contributed by atoms with E-state index < -0.39 is 5.82 Å². The summed E-state index contributed by atoms with van der Waals surface area (Å²) in [6.07, 6.45) is 4.66. The van der Waals surface area contributed by atoms with Crippen molar-refractivity contribution in [3.8, 4) is 0 Å². The standard InChI is InChI=1S/C18H20FN5O2.2ClH/c19-12-8-14(17-15(9-12)21-3-4-22-17)18(26)23-6-1-2-13(11-23)24-7-5-20-10-16(24)25;;/h3-4,8-9,13,20H,1-2,5-7,10-11H2;2*1H. The Bertz CT molecular complexity index is 869. The summed E-state index contributed by atoms with van der Waals surface area (Å²) in [5.41, 5.74) is 0.987. The predicted octanol–water partition coefficient (Wildman–Crippen LogP) is 1.65. The molecular weight excluding hydrogens is 408 g/mol. The van der Waals surface area contributed by atoms with Crippen LogP contribution in [0.5, 0.6) is 0 Å². The predicted molar refractivity (Wildman–Crippen MR) is 108 cm³/mol. The maximum Gasteiger partial charge on any atom is 0.256 e. The SMILES string of the molecule is Cl.Cl.O=C(c1cc(F)cc2nccnc12)N1CCCC(N2CCNCC2=O)C1. The number of halogens is 3. The lowest BCUT2D eigenvalue weighted by atomic mass is 10.0. The number of likely N-dealkylation sites (tertiary alicyclic amines) is 1. The Kier molecular flexibility index (Phi) is 7.51. The molecule has 0 saturated carbocycles. The van der Waals surface area contributed by atoms with Gasteiger partial charge in [0.15, 0.2) is 0 Å². The van der Waals surface area contributed by atoms with Gasteiger partial charge >= 0.3 is 0 Å². The fourth-order valence-electron chi connectivity index (χ4n) is 3.77. The molecule has 2 aliphatic rings. The lowest BCUT2D eigenvalue weighted by molar-refractivity contribution is -0.135. The number of nitrogens with one attached hydrogen (secondary N) is 1. The van der Waals surface area contributed by atoms with Crippen molar-refractivity contribution in [2.24, 2.45) is 0 Å². The van der Waals surface area contributed by atoms with Crippen molar-refractivity contribution in [1.82, 2.24) is 25.1 Å². The van der Waals surface area contributed by atoms with Crippen molar-refractivity contribution in [3.63, 3.8) is 0 Å². The molecule has 0 spiro atoms. The molecule has 2 fully saturated rings. The van der Waals surface area contributed by atoms with Crippen LogP contribution in [0.4, 0.5) is 4.39 Å². The monoisotopic (exact) mass is 429 g/mol. The number of carbonyl (C=O) groups is 2. The first-order valence-corrected chi connectivity index (χ1v) is 8.83. The largest absolute Gasteiger partial charge is 0.337 e. The van der Waals surface area contributed by atoms with E-state index in [9.17, 15) is 14.0 Å². The molecule has 1 N–H and O–H groups in total. The molecule has 2 aromatic rings. The molecule has 28 heavy (non-hydrogen) atoms. The van der Waals surface area contributed by atoms with Crippen LogP contribution in [0, 0.1) is 5.82 Å². The Morgan fingerprint density at radius 3 is 2.75 bits per heavy atom. The molecule has 152 valence electrons. The third-order valence-corrected chi connectivity index (χ3v) is 5.02. The number of carbonyl (C=O) groups excluding carboxylic acids is 2. The van der Waals surface area contributed by atoms with Crippen LogP contribution in [0.3, 0.4) is 0 Å². The van der Waals surface area contributed by atoms with Crippen molar-refractivity contribution in [2.75, 3.05) is 32.7 Å². The number of rotatable bonds is 2. The molecule has 0 aliphatic carbocycles. The summed E-state index contributed by atoms with van der Waals surface area (Å²) in [7, 11) is 0. The van der Waals surface area contributed by atoms with E-state index in [0.717, 1.165) is 19.4 Å². The number of nitrogens with zero attached hydrogens (tertiary/aromatic N) is 4. The Balaban J connectivity index is 0.00000140. The average Bonchev–Trinajstić information content (AvgIpc) is 2.67. The Labute approximate surface area is 174 Å². The smallest absolute Gasteiger partial charge is 0.256 e. The third kappa shape index (κ3) is 4.34. The van der Waals surface area contributed by atoms with E-state index in [1.54, 1.807) is 4.90 Å². The number of fused-ring (bicyclic) bond motifs is 1. The van der Waals surface area contributed by atoms with Gasteiger partial charge in [0.2, 0.25) is 5.91 Å². The van der Waals surface area contributed by atoms with Gasteiger partial charge in [-0.15, -0.1) is 24.8 Å². The summed E-state index contributed by atoms with van der Waals surface area (Å²) in [5.74, 6) is -0.702. The zero-order valence-electron chi connectivity index (χ0n) is 15.1. The molecule has 0 radical (unpaired) electrons. The number of benzene rings is 1. The summed E-state index contributed by atoms with van der Waals surface area (Å²) in [6.45, 7) is 2.81. The van der Waals surface area contributed by atoms with Crippen LogP contribution in [-0.4, -0.2) is 70.3 Å². The van der Waals surface area contributed by atoms with Crippen LogP contribution in [0.15, 0.2) is 24.5 Å². The first kappa shape index (κ1) is 22.3. The van der Waals surface area contributed by atoms with Crippen LogP contribution >= 0.6 is 24.8 Å². The fraction of sp³-hybridized carbons (Fsp3) is 0.444. The third-order valence-electron chi connectivity index (χ3n) is 5.02. The van der Waals surface area contributed by atoms with Gasteiger partial charge in [0.05, 0.1) is 17.6 Å². The molecular formula is C18H22Cl2FN5O2. The highest BCUT2D eigenvalue weighted by Crippen LogP contribution is 2.22. The summed E-state index contributed by atoms with van der Waals surface area (Å²) >= 11 is 0. The van der Waals surface area contributed by atoms with E-state index in [0.29, 0.717) is 37.2 Å². The van der Waals surface area contributed by atoms with E-state index in [2.05, 4.69) is 15.3 Å². The molecule has 3 heterocycles. The van der Waals surface area contributed by atoms with Crippen molar-refractivity contribution in [2.45, 2.75) is 18.9 Å². The molecule has 10 heteroatoms. The summed E-state index contributed by atoms with van der Waals surface area (Å²) in [6, 6.07) is 2.50. The van der Waals surface area contributed by atoms with Gasteiger partial charge in [-0.1, -0.05) is 0 Å². The maximum absolute atomic E-state index is 13.9. The number of hydrogen-bond donors (Lipinski definition) is 1. The van der Waals surface area contributed by atoms with Crippen molar-refractivity contribution in [3.05, 3.63) is 35.9 Å². The topological polar surface area (TPSA) is 78.4 Å². The minimum absolute atomic E-state index is 0. The summed E-state index contributed by atoms with van der Waals surface area (Å²) in [4.78, 5) is 37.1. The molecule has 7 nitrogen and oxygen atoms in total. The number of hydrogen-bond acceptors (Lipinski definition) is 5. The highest BCUT2D eigenvalue weighted by molar-refractivity contribution is 6.04. The molecule has 0 bridgehead atoms. The number of piperidine rings is 1. The second-order valence-electron chi connectivity index (χ2n) is 6.69. The van der Waals surface area contributed by atoms with Gasteiger partial charge in [0, 0.05) is 50.7 Å². The minimum atomic E-state index is -0.507. The van der Waals surface area contributed by atoms with Gasteiger partial charge in [0.1, 0.15) is 11.3 Å².